The van der Waals surface area contributed by atoms with Crippen LogP contribution in [-0.2, 0) is 4.79 Å². The molecular weight excluding hydrogens is 344 g/mol. The van der Waals surface area contributed by atoms with Crippen molar-refractivity contribution in [2.45, 2.75) is 12.8 Å². The number of carbonyl (C=O) groups excluding carboxylic acids is 1. The summed E-state index contributed by atoms with van der Waals surface area (Å²) in [6.45, 7) is 3.66. The summed E-state index contributed by atoms with van der Waals surface area (Å²) in [5.41, 5.74) is 1.74. The number of nitrogens with zero attached hydrogens (tertiary/aromatic N) is 3. The van der Waals surface area contributed by atoms with Gasteiger partial charge in [0.1, 0.15) is 5.69 Å². The van der Waals surface area contributed by atoms with Gasteiger partial charge in [0, 0.05) is 50.9 Å². The van der Waals surface area contributed by atoms with Gasteiger partial charge < -0.3 is 15.1 Å². The highest BCUT2D eigenvalue weighted by Gasteiger charge is 2.20. The summed E-state index contributed by atoms with van der Waals surface area (Å²) >= 11 is 0. The van der Waals surface area contributed by atoms with Crippen molar-refractivity contribution in [1.29, 1.82) is 0 Å². The van der Waals surface area contributed by atoms with Gasteiger partial charge in [-0.3, -0.25) is 14.9 Å². The van der Waals surface area contributed by atoms with E-state index in [0.29, 0.717) is 25.1 Å². The first-order valence-corrected chi connectivity index (χ1v) is 9.20. The minimum atomic E-state index is -0.403. The second-order valence-electron chi connectivity index (χ2n) is 6.51. The van der Waals surface area contributed by atoms with Crippen molar-refractivity contribution in [2.24, 2.45) is 0 Å². The first kappa shape index (κ1) is 18.7. The Bertz CT molecular complexity index is 774. The fourth-order valence-electron chi connectivity index (χ4n) is 3.26. The number of carbonyl (C=O) groups is 1. The molecule has 0 radical (unpaired) electrons. The average molecular weight is 368 g/mol. The molecule has 2 aromatic rings. The van der Waals surface area contributed by atoms with E-state index < -0.39 is 4.92 Å². The summed E-state index contributed by atoms with van der Waals surface area (Å²) < 4.78 is 0. The van der Waals surface area contributed by atoms with E-state index in [1.54, 1.807) is 18.2 Å². The lowest BCUT2D eigenvalue weighted by molar-refractivity contribution is -0.384. The Morgan fingerprint density at radius 3 is 2.37 bits per heavy atom. The molecule has 142 valence electrons. The van der Waals surface area contributed by atoms with E-state index in [4.69, 9.17) is 0 Å². The summed E-state index contributed by atoms with van der Waals surface area (Å²) in [6.07, 6.45) is 1.09. The maximum absolute atomic E-state index is 12.4. The number of amides is 1. The van der Waals surface area contributed by atoms with Gasteiger partial charge in [-0.15, -0.1) is 0 Å². The molecule has 1 N–H and O–H groups in total. The lowest BCUT2D eigenvalue weighted by Crippen LogP contribution is -2.48. The normalized spacial score (nSPS) is 14.1. The SMILES string of the molecule is O=C(CCCNc1ccccc1[N+](=O)[O-])N1CCN(c2ccccc2)CC1. The quantitative estimate of drug-likeness (QED) is 0.461. The zero-order valence-corrected chi connectivity index (χ0v) is 15.2. The van der Waals surface area contributed by atoms with Crippen LogP contribution in [0.2, 0.25) is 0 Å². The number of anilines is 2. The van der Waals surface area contributed by atoms with Crippen molar-refractivity contribution in [3.05, 3.63) is 64.7 Å². The number of rotatable bonds is 7. The highest BCUT2D eigenvalue weighted by atomic mass is 16.6. The largest absolute Gasteiger partial charge is 0.379 e. The van der Waals surface area contributed by atoms with Crippen LogP contribution < -0.4 is 10.2 Å². The van der Waals surface area contributed by atoms with Crippen molar-refractivity contribution >= 4 is 23.0 Å². The van der Waals surface area contributed by atoms with Crippen LogP contribution in [0.3, 0.4) is 0 Å². The van der Waals surface area contributed by atoms with Gasteiger partial charge in [0.25, 0.3) is 5.69 Å². The molecule has 0 spiro atoms. The minimum Gasteiger partial charge on any atom is -0.379 e. The van der Waals surface area contributed by atoms with Crippen molar-refractivity contribution < 1.29 is 9.72 Å². The van der Waals surface area contributed by atoms with Gasteiger partial charge in [0.05, 0.1) is 4.92 Å². The van der Waals surface area contributed by atoms with Crippen LogP contribution in [0.25, 0.3) is 0 Å². The molecule has 1 amide bonds. The summed E-state index contributed by atoms with van der Waals surface area (Å²) in [6, 6.07) is 16.8. The number of piperazine rings is 1. The van der Waals surface area contributed by atoms with Crippen molar-refractivity contribution in [2.75, 3.05) is 42.9 Å². The molecule has 2 aromatic carbocycles. The first-order chi connectivity index (χ1) is 13.1. The molecule has 1 saturated heterocycles. The molecule has 1 aliphatic heterocycles. The number of hydrogen-bond donors (Lipinski definition) is 1. The Balaban J connectivity index is 1.40. The van der Waals surface area contributed by atoms with E-state index in [1.165, 1.54) is 11.8 Å². The third-order valence-electron chi connectivity index (χ3n) is 4.74. The Morgan fingerprint density at radius 2 is 1.67 bits per heavy atom. The lowest BCUT2D eigenvalue weighted by Gasteiger charge is -2.36. The van der Waals surface area contributed by atoms with Gasteiger partial charge in [-0.25, -0.2) is 0 Å². The van der Waals surface area contributed by atoms with Crippen LogP contribution in [0.1, 0.15) is 12.8 Å². The topological polar surface area (TPSA) is 78.7 Å². The van der Waals surface area contributed by atoms with Gasteiger partial charge >= 0.3 is 0 Å². The third kappa shape index (κ3) is 4.97. The summed E-state index contributed by atoms with van der Waals surface area (Å²) in [5, 5.41) is 14.1. The number of para-hydroxylation sites is 3. The van der Waals surface area contributed by atoms with Gasteiger partial charge in [-0.05, 0) is 24.6 Å². The van der Waals surface area contributed by atoms with Crippen LogP contribution in [0.15, 0.2) is 54.6 Å². The maximum Gasteiger partial charge on any atom is 0.292 e. The lowest BCUT2D eigenvalue weighted by atomic mass is 10.2. The van der Waals surface area contributed by atoms with Gasteiger partial charge in [0.15, 0.2) is 0 Å². The summed E-state index contributed by atoms with van der Waals surface area (Å²) in [4.78, 5) is 27.2. The van der Waals surface area contributed by atoms with E-state index in [1.807, 2.05) is 23.1 Å². The van der Waals surface area contributed by atoms with E-state index >= 15 is 0 Å². The fourth-order valence-corrected chi connectivity index (χ4v) is 3.26. The number of nitrogens with one attached hydrogen (secondary N) is 1. The summed E-state index contributed by atoms with van der Waals surface area (Å²) in [5.74, 6) is 0.145. The van der Waals surface area contributed by atoms with Crippen molar-refractivity contribution in [1.82, 2.24) is 4.90 Å². The fraction of sp³-hybridized carbons (Fsp3) is 0.350. The monoisotopic (exact) mass is 368 g/mol. The Hall–Kier alpha value is -3.09. The Morgan fingerprint density at radius 1 is 1.00 bits per heavy atom. The second kappa shape index (κ2) is 9.02. The Kier molecular flexibility index (Phi) is 6.25. The average Bonchev–Trinajstić information content (AvgIpc) is 2.72. The second-order valence-corrected chi connectivity index (χ2v) is 6.51. The number of nitro benzene ring substituents is 1. The van der Waals surface area contributed by atoms with Gasteiger partial charge in [-0.2, -0.15) is 0 Å². The molecular formula is C20H24N4O3. The zero-order chi connectivity index (χ0) is 19.1. The Labute approximate surface area is 158 Å². The molecule has 0 aliphatic carbocycles. The summed E-state index contributed by atoms with van der Waals surface area (Å²) in [7, 11) is 0. The highest BCUT2D eigenvalue weighted by molar-refractivity contribution is 5.76. The van der Waals surface area contributed by atoms with Crippen LogP contribution in [0.5, 0.6) is 0 Å². The number of nitro groups is 1. The van der Waals surface area contributed by atoms with E-state index in [0.717, 1.165) is 26.2 Å². The molecule has 0 atom stereocenters. The molecule has 1 heterocycles. The van der Waals surface area contributed by atoms with Crippen LogP contribution in [-0.4, -0.2) is 48.5 Å². The van der Waals surface area contributed by atoms with E-state index in [-0.39, 0.29) is 11.6 Å². The number of benzene rings is 2. The molecule has 1 fully saturated rings. The molecule has 0 unspecified atom stereocenters. The molecule has 7 nitrogen and oxygen atoms in total. The van der Waals surface area contributed by atoms with Crippen LogP contribution in [0, 0.1) is 10.1 Å². The van der Waals surface area contributed by atoms with Crippen LogP contribution in [0.4, 0.5) is 17.1 Å². The third-order valence-corrected chi connectivity index (χ3v) is 4.74. The molecule has 0 saturated carbocycles. The molecule has 3 rings (SSSR count). The smallest absolute Gasteiger partial charge is 0.292 e. The predicted molar refractivity (Wildman–Crippen MR) is 106 cm³/mol. The van der Waals surface area contributed by atoms with Crippen LogP contribution >= 0.6 is 0 Å². The van der Waals surface area contributed by atoms with Gasteiger partial charge in [0.2, 0.25) is 5.91 Å². The molecule has 0 bridgehead atoms. The maximum atomic E-state index is 12.4. The predicted octanol–water partition coefficient (Wildman–Crippen LogP) is 3.14. The highest BCUT2D eigenvalue weighted by Crippen LogP contribution is 2.23. The first-order valence-electron chi connectivity index (χ1n) is 9.20. The molecule has 1 aliphatic rings. The molecule has 27 heavy (non-hydrogen) atoms. The minimum absolute atomic E-state index is 0.0564. The molecule has 7 heteroatoms. The van der Waals surface area contributed by atoms with E-state index in [2.05, 4.69) is 22.3 Å². The standard InChI is InChI=1S/C20H24N4O3/c25-20(11-6-12-21-18-9-4-5-10-19(18)24(26)27)23-15-13-22(14-16-23)17-7-2-1-3-8-17/h1-5,7-10,21H,6,11-16H2. The van der Waals surface area contributed by atoms with E-state index in [9.17, 15) is 14.9 Å². The zero-order valence-electron chi connectivity index (χ0n) is 15.2. The van der Waals surface area contributed by atoms with Gasteiger partial charge in [-0.1, -0.05) is 30.3 Å². The number of hydrogen-bond acceptors (Lipinski definition) is 5. The van der Waals surface area contributed by atoms with Crippen molar-refractivity contribution in [3.8, 4) is 0 Å². The van der Waals surface area contributed by atoms with Crippen molar-refractivity contribution in [3.63, 3.8) is 0 Å². The molecule has 0 aromatic heterocycles.